The van der Waals surface area contributed by atoms with Gasteiger partial charge in [0.15, 0.2) is 0 Å². The van der Waals surface area contributed by atoms with Crippen molar-refractivity contribution in [3.8, 4) is 0 Å². The molecule has 2 saturated carbocycles. The van der Waals surface area contributed by atoms with Gasteiger partial charge in [-0.2, -0.15) is 13.2 Å². The number of hydrogen-bond acceptors (Lipinski definition) is 2. The molecule has 24 heavy (non-hydrogen) atoms. The fraction of sp³-hybridized carbons (Fsp3) is 0.500. The van der Waals surface area contributed by atoms with E-state index in [0.29, 0.717) is 0 Å². The molecular formula is C16H12Br2F3NO2. The molecule has 2 aliphatic carbocycles. The van der Waals surface area contributed by atoms with E-state index in [1.54, 1.807) is 0 Å². The molecule has 0 aromatic heterocycles. The number of amides is 2. The van der Waals surface area contributed by atoms with Crippen LogP contribution in [0.25, 0.3) is 0 Å². The Morgan fingerprint density at radius 3 is 2.04 bits per heavy atom. The second kappa shape index (κ2) is 5.30. The van der Waals surface area contributed by atoms with E-state index >= 15 is 0 Å². The second-order valence-corrected chi connectivity index (χ2v) is 8.68. The first-order valence-corrected chi connectivity index (χ1v) is 9.38. The molecule has 3 nitrogen and oxygen atoms in total. The molecule has 0 radical (unpaired) electrons. The lowest BCUT2D eigenvalue weighted by molar-refractivity contribution is -0.137. The van der Waals surface area contributed by atoms with E-state index < -0.39 is 23.6 Å². The lowest BCUT2D eigenvalue weighted by Crippen LogP contribution is -2.37. The summed E-state index contributed by atoms with van der Waals surface area (Å²) < 4.78 is 38.7. The first-order valence-electron chi connectivity index (χ1n) is 7.55. The fourth-order valence-corrected chi connectivity index (χ4v) is 6.30. The summed E-state index contributed by atoms with van der Waals surface area (Å²) >= 11 is 7.16. The van der Waals surface area contributed by atoms with Crippen molar-refractivity contribution in [2.75, 3.05) is 4.90 Å². The topological polar surface area (TPSA) is 37.4 Å². The maximum atomic E-state index is 12.9. The van der Waals surface area contributed by atoms with Gasteiger partial charge in [-0.1, -0.05) is 37.9 Å². The molecule has 3 fully saturated rings. The predicted molar refractivity (Wildman–Crippen MR) is 87.9 cm³/mol. The van der Waals surface area contributed by atoms with Crippen molar-refractivity contribution < 1.29 is 22.8 Å². The SMILES string of the molecule is O=C1[C@@H]2[C@H]3C[C@@H]([C@H](Br)[C@@H]3Br)[C@@H]2C(=O)N1c1cccc(C(F)(F)F)c1. The second-order valence-electron chi connectivity index (χ2n) is 6.56. The largest absolute Gasteiger partial charge is 0.416 e. The smallest absolute Gasteiger partial charge is 0.274 e. The highest BCUT2D eigenvalue weighted by molar-refractivity contribution is 9.12. The molecule has 128 valence electrons. The number of alkyl halides is 5. The zero-order chi connectivity index (χ0) is 17.4. The Hall–Kier alpha value is -0.890. The van der Waals surface area contributed by atoms with Crippen molar-refractivity contribution >= 4 is 49.4 Å². The van der Waals surface area contributed by atoms with Gasteiger partial charge >= 0.3 is 6.18 Å². The Bertz CT molecular complexity index is 706. The van der Waals surface area contributed by atoms with Crippen LogP contribution in [0.2, 0.25) is 0 Å². The van der Waals surface area contributed by atoms with E-state index in [0.717, 1.165) is 23.5 Å². The Balaban J connectivity index is 1.72. The van der Waals surface area contributed by atoms with E-state index in [4.69, 9.17) is 0 Å². The molecule has 2 amide bonds. The zero-order valence-corrected chi connectivity index (χ0v) is 15.3. The van der Waals surface area contributed by atoms with Crippen LogP contribution in [-0.4, -0.2) is 21.5 Å². The van der Waals surface area contributed by atoms with Crippen LogP contribution in [0.3, 0.4) is 0 Å². The number of anilines is 1. The average molecular weight is 467 g/mol. The monoisotopic (exact) mass is 465 g/mol. The van der Waals surface area contributed by atoms with Gasteiger partial charge in [0.25, 0.3) is 0 Å². The number of rotatable bonds is 1. The quantitative estimate of drug-likeness (QED) is 0.463. The number of fused-ring (bicyclic) bond motifs is 5. The molecule has 4 rings (SSSR count). The van der Waals surface area contributed by atoms with E-state index in [9.17, 15) is 22.8 Å². The molecule has 0 unspecified atom stereocenters. The van der Waals surface area contributed by atoms with E-state index in [2.05, 4.69) is 31.9 Å². The van der Waals surface area contributed by atoms with Crippen molar-refractivity contribution in [2.45, 2.75) is 22.3 Å². The first-order chi connectivity index (χ1) is 11.2. The number of carbonyl (C=O) groups excluding carboxylic acids is 2. The minimum Gasteiger partial charge on any atom is -0.274 e. The normalized spacial score (nSPS) is 38.1. The highest BCUT2D eigenvalue weighted by Gasteiger charge is 2.66. The minimum absolute atomic E-state index is 0.00544. The van der Waals surface area contributed by atoms with Crippen molar-refractivity contribution in [2.24, 2.45) is 23.7 Å². The van der Waals surface area contributed by atoms with Crippen LogP contribution in [0.1, 0.15) is 12.0 Å². The molecule has 0 N–H and O–H groups in total. The van der Waals surface area contributed by atoms with Crippen molar-refractivity contribution in [1.82, 2.24) is 0 Å². The lowest BCUT2D eigenvalue weighted by Gasteiger charge is -2.28. The predicted octanol–water partition coefficient (Wildman–Crippen LogP) is 3.99. The first kappa shape index (κ1) is 16.6. The number of imide groups is 1. The summed E-state index contributed by atoms with van der Waals surface area (Å²) in [5, 5.41) is 0. The Kier molecular flexibility index (Phi) is 3.66. The van der Waals surface area contributed by atoms with Crippen molar-refractivity contribution in [1.29, 1.82) is 0 Å². The minimum atomic E-state index is -4.52. The standard InChI is InChI=1S/C16H12Br2F3NO2/c17-12-8-5-9(13(12)18)11-10(8)14(23)22(15(11)24)7-3-1-2-6(4-7)16(19,20)21/h1-4,8-13H,5H2/t8-,9-,10-,11+,12-,13+/m1/s1. The van der Waals surface area contributed by atoms with E-state index in [1.165, 1.54) is 12.1 Å². The van der Waals surface area contributed by atoms with Gasteiger partial charge in [0, 0.05) is 9.65 Å². The molecule has 1 aromatic rings. The lowest BCUT2D eigenvalue weighted by atomic mass is 9.81. The molecule has 1 saturated heterocycles. The van der Waals surface area contributed by atoms with Crippen LogP contribution in [-0.2, 0) is 15.8 Å². The highest BCUT2D eigenvalue weighted by atomic mass is 79.9. The van der Waals surface area contributed by atoms with Crippen molar-refractivity contribution in [3.05, 3.63) is 29.8 Å². The summed E-state index contributed by atoms with van der Waals surface area (Å²) in [4.78, 5) is 26.7. The number of carbonyl (C=O) groups is 2. The average Bonchev–Trinajstić information content (AvgIpc) is 3.12. The van der Waals surface area contributed by atoms with Gasteiger partial charge in [-0.25, -0.2) is 0 Å². The molecule has 1 aromatic carbocycles. The Morgan fingerprint density at radius 1 is 1.00 bits per heavy atom. The molecule has 0 spiro atoms. The summed E-state index contributed by atoms with van der Waals surface area (Å²) in [6.45, 7) is 0. The van der Waals surface area contributed by atoms with Gasteiger partial charge < -0.3 is 0 Å². The summed E-state index contributed by atoms with van der Waals surface area (Å²) in [7, 11) is 0. The van der Waals surface area contributed by atoms with Crippen molar-refractivity contribution in [3.63, 3.8) is 0 Å². The number of hydrogen-bond donors (Lipinski definition) is 0. The summed E-state index contributed by atoms with van der Waals surface area (Å²) in [5.41, 5.74) is -0.858. The molecule has 2 bridgehead atoms. The van der Waals surface area contributed by atoms with Gasteiger partial charge in [0.2, 0.25) is 11.8 Å². The molecule has 3 aliphatic rings. The van der Waals surface area contributed by atoms with E-state index in [-0.39, 0.29) is 39.0 Å². The van der Waals surface area contributed by atoms with Crippen LogP contribution < -0.4 is 4.90 Å². The molecule has 1 aliphatic heterocycles. The molecular weight excluding hydrogens is 455 g/mol. The van der Waals surface area contributed by atoms with Gasteiger partial charge in [-0.3, -0.25) is 14.5 Å². The summed E-state index contributed by atoms with van der Waals surface area (Å²) in [6, 6.07) is 4.41. The Labute approximate surface area is 152 Å². The highest BCUT2D eigenvalue weighted by Crippen LogP contribution is 2.60. The van der Waals surface area contributed by atoms with Crippen LogP contribution in [0, 0.1) is 23.7 Å². The van der Waals surface area contributed by atoms with Crippen LogP contribution in [0.4, 0.5) is 18.9 Å². The Morgan fingerprint density at radius 2 is 1.54 bits per heavy atom. The molecule has 6 atom stereocenters. The van der Waals surface area contributed by atoms with Crippen LogP contribution in [0.5, 0.6) is 0 Å². The van der Waals surface area contributed by atoms with Gasteiger partial charge in [-0.15, -0.1) is 0 Å². The van der Waals surface area contributed by atoms with Crippen LogP contribution in [0.15, 0.2) is 24.3 Å². The third-order valence-corrected chi connectivity index (χ3v) is 8.63. The third-order valence-electron chi connectivity index (χ3n) is 5.42. The summed E-state index contributed by atoms with van der Waals surface area (Å²) in [6.07, 6.45) is -3.73. The zero-order valence-electron chi connectivity index (χ0n) is 12.1. The maximum absolute atomic E-state index is 12.9. The third kappa shape index (κ3) is 2.14. The summed E-state index contributed by atoms with van der Waals surface area (Å²) in [5.74, 6) is -1.54. The number of nitrogens with zero attached hydrogens (tertiary/aromatic N) is 1. The van der Waals surface area contributed by atoms with Crippen LogP contribution >= 0.6 is 31.9 Å². The molecule has 1 heterocycles. The number of halogens is 5. The number of benzene rings is 1. The van der Waals surface area contributed by atoms with E-state index in [1.807, 2.05) is 0 Å². The fourth-order valence-electron chi connectivity index (χ4n) is 4.42. The van der Waals surface area contributed by atoms with Gasteiger partial charge in [-0.05, 0) is 36.5 Å². The van der Waals surface area contributed by atoms with Gasteiger partial charge in [0.05, 0.1) is 23.1 Å². The molecule has 8 heteroatoms. The maximum Gasteiger partial charge on any atom is 0.416 e. The van der Waals surface area contributed by atoms with Gasteiger partial charge in [0.1, 0.15) is 0 Å².